The van der Waals surface area contributed by atoms with Crippen LogP contribution in [0, 0.1) is 6.92 Å². The molecule has 104 valence electrons. The average Bonchev–Trinajstić information content (AvgIpc) is 2.41. The van der Waals surface area contributed by atoms with Crippen LogP contribution in [0.1, 0.15) is 21.5 Å². The molecule has 0 aromatic heterocycles. The second kappa shape index (κ2) is 5.65. The molecule has 0 saturated carbocycles. The fourth-order valence-electron chi connectivity index (χ4n) is 2.10. The zero-order valence-corrected chi connectivity index (χ0v) is 11.6. The Balaban J connectivity index is 2.26. The Labute approximate surface area is 118 Å². The van der Waals surface area contributed by atoms with E-state index in [0.29, 0.717) is 0 Å². The highest BCUT2D eigenvalue weighted by Crippen LogP contribution is 2.22. The first-order chi connectivity index (χ1) is 9.49. The number of carboxylic acid groups (broad SMARTS) is 1. The summed E-state index contributed by atoms with van der Waals surface area (Å²) in [6.07, 6.45) is 0. The Kier molecular flexibility index (Phi) is 3.94. The smallest absolute Gasteiger partial charge is 0.337 e. The van der Waals surface area contributed by atoms with Gasteiger partial charge in [-0.3, -0.25) is 0 Å². The van der Waals surface area contributed by atoms with Crippen molar-refractivity contribution in [1.29, 1.82) is 0 Å². The first-order valence-corrected chi connectivity index (χ1v) is 6.37. The van der Waals surface area contributed by atoms with Gasteiger partial charge in [0.05, 0.1) is 5.56 Å². The fraction of sp³-hybridized carbons (Fsp3) is 0.188. The highest BCUT2D eigenvalue weighted by atomic mass is 16.4. The van der Waals surface area contributed by atoms with Gasteiger partial charge < -0.3 is 15.7 Å². The molecule has 2 rings (SSSR count). The topological polar surface area (TPSA) is 66.6 Å². The van der Waals surface area contributed by atoms with Crippen molar-refractivity contribution in [3.63, 3.8) is 0 Å². The molecule has 2 aromatic carbocycles. The first-order valence-electron chi connectivity index (χ1n) is 6.37. The summed E-state index contributed by atoms with van der Waals surface area (Å²) in [5.41, 5.74) is 9.35. The van der Waals surface area contributed by atoms with Crippen LogP contribution >= 0.6 is 0 Å². The molecule has 0 atom stereocenters. The largest absolute Gasteiger partial charge is 0.478 e. The Morgan fingerprint density at radius 1 is 1.25 bits per heavy atom. The Morgan fingerprint density at radius 3 is 2.60 bits per heavy atom. The number of aromatic carboxylic acids is 1. The number of nitrogen functional groups attached to an aromatic ring is 1. The van der Waals surface area contributed by atoms with Crippen molar-refractivity contribution < 1.29 is 9.90 Å². The number of nitrogens with two attached hydrogens (primary N) is 1. The zero-order valence-electron chi connectivity index (χ0n) is 11.6. The van der Waals surface area contributed by atoms with E-state index in [9.17, 15) is 4.79 Å². The Hall–Kier alpha value is -2.49. The number of benzene rings is 2. The molecule has 20 heavy (non-hydrogen) atoms. The van der Waals surface area contributed by atoms with Crippen molar-refractivity contribution in [2.75, 3.05) is 17.7 Å². The molecule has 0 aliphatic carbocycles. The van der Waals surface area contributed by atoms with Crippen LogP contribution in [-0.2, 0) is 6.54 Å². The van der Waals surface area contributed by atoms with Gasteiger partial charge in [0.1, 0.15) is 0 Å². The molecule has 0 radical (unpaired) electrons. The molecular weight excluding hydrogens is 252 g/mol. The van der Waals surface area contributed by atoms with Gasteiger partial charge in [-0.1, -0.05) is 24.3 Å². The van der Waals surface area contributed by atoms with Crippen LogP contribution in [-0.4, -0.2) is 18.1 Å². The molecule has 2 aromatic rings. The number of hydrogen-bond acceptors (Lipinski definition) is 3. The Morgan fingerprint density at radius 2 is 1.95 bits per heavy atom. The minimum atomic E-state index is -1.01. The van der Waals surface area contributed by atoms with Gasteiger partial charge in [0.2, 0.25) is 0 Å². The fourth-order valence-corrected chi connectivity index (χ4v) is 2.10. The number of aryl methyl sites for hydroxylation is 1. The third-order valence-electron chi connectivity index (χ3n) is 3.38. The monoisotopic (exact) mass is 270 g/mol. The van der Waals surface area contributed by atoms with Crippen LogP contribution in [0.15, 0.2) is 42.5 Å². The van der Waals surface area contributed by atoms with Crippen LogP contribution in [0.2, 0.25) is 0 Å². The number of hydrogen-bond donors (Lipinski definition) is 2. The standard InChI is InChI=1S/C16H18N2O2/c1-11-5-3-4-6-12(11)10-18(2)13-7-8-15(17)14(9-13)16(19)20/h3-9H,10,17H2,1-2H3,(H,19,20). The van der Waals surface area contributed by atoms with Gasteiger partial charge in [-0.15, -0.1) is 0 Å². The lowest BCUT2D eigenvalue weighted by Crippen LogP contribution is -2.18. The molecule has 0 fully saturated rings. The lowest BCUT2D eigenvalue weighted by Gasteiger charge is -2.21. The quantitative estimate of drug-likeness (QED) is 0.838. The second-order valence-electron chi connectivity index (χ2n) is 4.86. The summed E-state index contributed by atoms with van der Waals surface area (Å²) in [5.74, 6) is -1.01. The van der Waals surface area contributed by atoms with Crippen molar-refractivity contribution in [3.05, 3.63) is 59.2 Å². The van der Waals surface area contributed by atoms with E-state index in [1.54, 1.807) is 12.1 Å². The average molecular weight is 270 g/mol. The second-order valence-corrected chi connectivity index (χ2v) is 4.86. The molecule has 0 bridgehead atoms. The van der Waals surface area contributed by atoms with E-state index in [2.05, 4.69) is 19.1 Å². The molecule has 3 N–H and O–H groups in total. The van der Waals surface area contributed by atoms with Gasteiger partial charge >= 0.3 is 5.97 Å². The third-order valence-corrected chi connectivity index (χ3v) is 3.38. The molecule has 4 nitrogen and oxygen atoms in total. The maximum atomic E-state index is 11.1. The first kappa shape index (κ1) is 13.9. The van der Waals surface area contributed by atoms with Crippen LogP contribution in [0.4, 0.5) is 11.4 Å². The lowest BCUT2D eigenvalue weighted by atomic mass is 10.1. The third kappa shape index (κ3) is 2.91. The van der Waals surface area contributed by atoms with E-state index in [-0.39, 0.29) is 11.3 Å². The molecule has 0 heterocycles. The van der Waals surface area contributed by atoms with Gasteiger partial charge in [-0.05, 0) is 36.2 Å². The van der Waals surface area contributed by atoms with E-state index < -0.39 is 5.97 Å². The summed E-state index contributed by atoms with van der Waals surface area (Å²) in [7, 11) is 1.93. The van der Waals surface area contributed by atoms with Crippen molar-refractivity contribution >= 4 is 17.3 Å². The minimum Gasteiger partial charge on any atom is -0.478 e. The van der Waals surface area contributed by atoms with Gasteiger partial charge in [-0.2, -0.15) is 0 Å². The summed E-state index contributed by atoms with van der Waals surface area (Å²) < 4.78 is 0. The van der Waals surface area contributed by atoms with Gasteiger partial charge in [-0.25, -0.2) is 4.79 Å². The maximum absolute atomic E-state index is 11.1. The number of anilines is 2. The van der Waals surface area contributed by atoms with Crippen LogP contribution in [0.5, 0.6) is 0 Å². The highest BCUT2D eigenvalue weighted by Gasteiger charge is 2.11. The van der Waals surface area contributed by atoms with Crippen molar-refractivity contribution in [2.45, 2.75) is 13.5 Å². The normalized spacial score (nSPS) is 10.3. The van der Waals surface area contributed by atoms with E-state index in [1.807, 2.05) is 30.1 Å². The summed E-state index contributed by atoms with van der Waals surface area (Å²) in [5, 5.41) is 9.11. The van der Waals surface area contributed by atoms with Gasteiger partial charge in [0, 0.05) is 25.0 Å². The van der Waals surface area contributed by atoms with E-state index in [1.165, 1.54) is 11.1 Å². The molecule has 4 heteroatoms. The van der Waals surface area contributed by atoms with Crippen LogP contribution < -0.4 is 10.6 Å². The van der Waals surface area contributed by atoms with Crippen molar-refractivity contribution in [3.8, 4) is 0 Å². The van der Waals surface area contributed by atoms with Gasteiger partial charge in [0.15, 0.2) is 0 Å². The summed E-state index contributed by atoms with van der Waals surface area (Å²) in [4.78, 5) is 13.1. The molecule has 0 aliphatic rings. The summed E-state index contributed by atoms with van der Waals surface area (Å²) in [6.45, 7) is 2.78. The number of rotatable bonds is 4. The SMILES string of the molecule is Cc1ccccc1CN(C)c1ccc(N)c(C(=O)O)c1. The lowest BCUT2D eigenvalue weighted by molar-refractivity contribution is 0.0698. The van der Waals surface area contributed by atoms with Crippen LogP contribution in [0.25, 0.3) is 0 Å². The van der Waals surface area contributed by atoms with E-state index >= 15 is 0 Å². The van der Waals surface area contributed by atoms with E-state index in [0.717, 1.165) is 12.2 Å². The predicted octanol–water partition coefficient (Wildman–Crippen LogP) is 2.91. The highest BCUT2D eigenvalue weighted by molar-refractivity contribution is 5.94. The zero-order chi connectivity index (χ0) is 14.7. The van der Waals surface area contributed by atoms with Crippen LogP contribution in [0.3, 0.4) is 0 Å². The molecule has 0 aliphatic heterocycles. The molecule has 0 amide bonds. The summed E-state index contributed by atoms with van der Waals surface area (Å²) >= 11 is 0. The molecular formula is C16H18N2O2. The van der Waals surface area contributed by atoms with Gasteiger partial charge in [0.25, 0.3) is 0 Å². The predicted molar refractivity (Wildman–Crippen MR) is 81.1 cm³/mol. The van der Waals surface area contributed by atoms with Crippen molar-refractivity contribution in [1.82, 2.24) is 0 Å². The number of nitrogens with zero attached hydrogens (tertiary/aromatic N) is 1. The molecule has 0 unspecified atom stereocenters. The summed E-state index contributed by atoms with van der Waals surface area (Å²) in [6, 6.07) is 13.2. The number of carboxylic acids is 1. The maximum Gasteiger partial charge on any atom is 0.337 e. The van der Waals surface area contributed by atoms with Crippen molar-refractivity contribution in [2.24, 2.45) is 0 Å². The van der Waals surface area contributed by atoms with E-state index in [4.69, 9.17) is 10.8 Å². The minimum absolute atomic E-state index is 0.138. The Bertz CT molecular complexity index is 638. The number of carbonyl (C=O) groups is 1. The molecule has 0 saturated heterocycles. The molecule has 0 spiro atoms.